The molecule has 0 saturated carbocycles. The average Bonchev–Trinajstić information content (AvgIpc) is 2.98. The Bertz CT molecular complexity index is 656. The zero-order valence-corrected chi connectivity index (χ0v) is 14.4. The third kappa shape index (κ3) is 3.81. The molecule has 1 aromatic carbocycles. The fraction of sp³-hybridized carbons (Fsp3) is 0.500. The minimum atomic E-state index is -1.02. The summed E-state index contributed by atoms with van der Waals surface area (Å²) in [5.41, 5.74) is -0.475. The number of anilines is 1. The lowest BCUT2D eigenvalue weighted by molar-refractivity contribution is -0.149. The van der Waals surface area contributed by atoms with Crippen LogP contribution in [0.4, 0.5) is 10.1 Å². The van der Waals surface area contributed by atoms with Crippen molar-refractivity contribution < 1.29 is 23.9 Å². The van der Waals surface area contributed by atoms with Crippen LogP contribution in [0.25, 0.3) is 0 Å². The van der Waals surface area contributed by atoms with Crippen LogP contribution in [-0.2, 0) is 14.4 Å². The minimum Gasteiger partial charge on any atom is -0.481 e. The van der Waals surface area contributed by atoms with Gasteiger partial charge in [-0.1, -0.05) is 13.8 Å². The molecular formula is C18H23FN2O4. The topological polar surface area (TPSA) is 86.7 Å². The molecule has 2 rings (SSSR count). The zero-order chi connectivity index (χ0) is 18.6. The predicted octanol–water partition coefficient (Wildman–Crippen LogP) is 2.19. The Morgan fingerprint density at radius 1 is 1.28 bits per heavy atom. The molecule has 0 aromatic heterocycles. The van der Waals surface area contributed by atoms with Crippen molar-refractivity contribution in [2.45, 2.75) is 33.1 Å². The zero-order valence-electron chi connectivity index (χ0n) is 14.4. The number of halogens is 1. The van der Waals surface area contributed by atoms with Gasteiger partial charge in [0.25, 0.3) is 0 Å². The smallest absolute Gasteiger partial charge is 0.311 e. The normalized spacial score (nSPS) is 17.6. The van der Waals surface area contributed by atoms with Crippen LogP contribution in [0.2, 0.25) is 0 Å². The van der Waals surface area contributed by atoms with E-state index in [1.165, 1.54) is 29.2 Å². The summed E-state index contributed by atoms with van der Waals surface area (Å²) in [6.07, 6.45) is 1.12. The van der Waals surface area contributed by atoms with Crippen LogP contribution < -0.4 is 10.2 Å². The molecule has 2 N–H and O–H groups in total. The van der Waals surface area contributed by atoms with Crippen LogP contribution in [0.3, 0.4) is 0 Å². The van der Waals surface area contributed by atoms with Crippen molar-refractivity contribution in [3.8, 4) is 0 Å². The molecule has 1 unspecified atom stereocenters. The van der Waals surface area contributed by atoms with E-state index in [1.807, 2.05) is 0 Å². The number of benzene rings is 1. The highest BCUT2D eigenvalue weighted by molar-refractivity contribution is 6.09. The van der Waals surface area contributed by atoms with Crippen LogP contribution in [0.15, 0.2) is 24.3 Å². The maximum atomic E-state index is 13.0. The van der Waals surface area contributed by atoms with Gasteiger partial charge in [0.2, 0.25) is 11.8 Å². The molecule has 1 aromatic rings. The largest absolute Gasteiger partial charge is 0.481 e. The Hall–Kier alpha value is -2.44. The van der Waals surface area contributed by atoms with Crippen LogP contribution in [0, 0.1) is 17.2 Å². The molecule has 2 amide bonds. The van der Waals surface area contributed by atoms with Crippen molar-refractivity contribution in [3.63, 3.8) is 0 Å². The molecule has 7 heteroatoms. The highest BCUT2D eigenvalue weighted by Gasteiger charge is 2.40. The molecule has 136 valence electrons. The Morgan fingerprint density at radius 2 is 1.88 bits per heavy atom. The summed E-state index contributed by atoms with van der Waals surface area (Å²) in [4.78, 5) is 37.8. The van der Waals surface area contributed by atoms with Gasteiger partial charge < -0.3 is 15.3 Å². The van der Waals surface area contributed by atoms with Gasteiger partial charge in [0, 0.05) is 18.8 Å². The summed E-state index contributed by atoms with van der Waals surface area (Å²) in [7, 11) is 0. The number of aliphatic carboxylic acids is 1. The summed E-state index contributed by atoms with van der Waals surface area (Å²) in [6, 6.07) is 5.52. The number of nitrogens with one attached hydrogen (secondary N) is 1. The van der Waals surface area contributed by atoms with Gasteiger partial charge in [0.1, 0.15) is 11.7 Å². The number of nitrogens with zero attached hydrogens (tertiary/aromatic N) is 1. The molecule has 1 atom stereocenters. The molecular weight excluding hydrogens is 327 g/mol. The molecule has 0 bridgehead atoms. The van der Waals surface area contributed by atoms with Gasteiger partial charge in [-0.05, 0) is 43.5 Å². The fourth-order valence-corrected chi connectivity index (χ4v) is 3.06. The second-order valence-corrected chi connectivity index (χ2v) is 6.32. The molecule has 25 heavy (non-hydrogen) atoms. The van der Waals surface area contributed by atoms with E-state index in [4.69, 9.17) is 0 Å². The lowest BCUT2D eigenvalue weighted by Gasteiger charge is -2.27. The predicted molar refractivity (Wildman–Crippen MR) is 90.5 cm³/mol. The van der Waals surface area contributed by atoms with Gasteiger partial charge in [-0.2, -0.15) is 0 Å². The van der Waals surface area contributed by atoms with Crippen LogP contribution in [-0.4, -0.2) is 36.0 Å². The highest BCUT2D eigenvalue weighted by Crippen LogP contribution is 2.28. The molecule has 1 heterocycles. The van der Waals surface area contributed by atoms with E-state index < -0.39 is 29.0 Å². The number of hydrogen-bond donors (Lipinski definition) is 2. The van der Waals surface area contributed by atoms with Crippen LogP contribution in [0.1, 0.15) is 33.1 Å². The molecule has 0 spiro atoms. The third-order valence-electron chi connectivity index (χ3n) is 5.07. The molecule has 1 saturated heterocycles. The van der Waals surface area contributed by atoms with E-state index in [-0.39, 0.29) is 12.5 Å². The maximum Gasteiger partial charge on any atom is 0.311 e. The van der Waals surface area contributed by atoms with E-state index in [0.29, 0.717) is 31.5 Å². The van der Waals surface area contributed by atoms with Crippen molar-refractivity contribution >= 4 is 23.5 Å². The summed E-state index contributed by atoms with van der Waals surface area (Å²) >= 11 is 0. The number of rotatable bonds is 7. The first-order valence-electron chi connectivity index (χ1n) is 8.42. The van der Waals surface area contributed by atoms with Gasteiger partial charge in [0.15, 0.2) is 0 Å². The third-order valence-corrected chi connectivity index (χ3v) is 5.07. The SMILES string of the molecule is CCC(CC)(CNC(=O)C1CCN(c2ccc(F)cc2)C1=O)C(=O)O. The van der Waals surface area contributed by atoms with Crippen molar-refractivity contribution in [2.75, 3.05) is 18.0 Å². The first kappa shape index (κ1) is 18.9. The van der Waals surface area contributed by atoms with Gasteiger partial charge in [-0.25, -0.2) is 4.39 Å². The number of carbonyl (C=O) groups is 3. The van der Waals surface area contributed by atoms with E-state index in [0.717, 1.165) is 0 Å². The van der Waals surface area contributed by atoms with E-state index >= 15 is 0 Å². The van der Waals surface area contributed by atoms with E-state index in [1.54, 1.807) is 13.8 Å². The molecule has 1 fully saturated rings. The molecule has 6 nitrogen and oxygen atoms in total. The van der Waals surface area contributed by atoms with Gasteiger partial charge in [0.05, 0.1) is 5.41 Å². The second-order valence-electron chi connectivity index (χ2n) is 6.32. The quantitative estimate of drug-likeness (QED) is 0.738. The lowest BCUT2D eigenvalue weighted by atomic mass is 9.82. The monoisotopic (exact) mass is 350 g/mol. The molecule has 0 radical (unpaired) electrons. The average molecular weight is 350 g/mol. The van der Waals surface area contributed by atoms with Gasteiger partial charge in [-0.3, -0.25) is 14.4 Å². The number of carboxylic acids is 1. The standard InChI is InChI=1S/C18H23FN2O4/c1-3-18(4-2,17(24)25)11-20-15(22)14-9-10-21(16(14)23)13-7-5-12(19)6-8-13/h5-8,14H,3-4,9-11H2,1-2H3,(H,20,22)(H,24,25). The summed E-state index contributed by atoms with van der Waals surface area (Å²) in [5, 5.41) is 12.0. The Morgan fingerprint density at radius 3 is 2.40 bits per heavy atom. The van der Waals surface area contributed by atoms with Gasteiger partial charge >= 0.3 is 5.97 Å². The highest BCUT2D eigenvalue weighted by atomic mass is 19.1. The Balaban J connectivity index is 2.02. The Kier molecular flexibility index (Phi) is 5.77. The van der Waals surface area contributed by atoms with Crippen molar-refractivity contribution in [2.24, 2.45) is 11.3 Å². The molecule has 0 aliphatic carbocycles. The number of carboxylic acid groups (broad SMARTS) is 1. The van der Waals surface area contributed by atoms with Gasteiger partial charge in [-0.15, -0.1) is 0 Å². The second kappa shape index (κ2) is 7.63. The summed E-state index contributed by atoms with van der Waals surface area (Å²) in [6.45, 7) is 3.89. The first-order chi connectivity index (χ1) is 11.8. The Labute approximate surface area is 146 Å². The molecule has 1 aliphatic heterocycles. The summed E-state index contributed by atoms with van der Waals surface area (Å²) < 4.78 is 13.0. The van der Waals surface area contributed by atoms with Crippen molar-refractivity contribution in [1.82, 2.24) is 5.32 Å². The number of carbonyl (C=O) groups excluding carboxylic acids is 2. The fourth-order valence-electron chi connectivity index (χ4n) is 3.06. The van der Waals surface area contributed by atoms with E-state index in [9.17, 15) is 23.9 Å². The van der Waals surface area contributed by atoms with Crippen molar-refractivity contribution in [3.05, 3.63) is 30.1 Å². The summed E-state index contributed by atoms with van der Waals surface area (Å²) in [5.74, 6) is -3.00. The first-order valence-corrected chi connectivity index (χ1v) is 8.42. The van der Waals surface area contributed by atoms with E-state index in [2.05, 4.69) is 5.32 Å². The van der Waals surface area contributed by atoms with Crippen LogP contribution in [0.5, 0.6) is 0 Å². The minimum absolute atomic E-state index is 0.00546. The number of amides is 2. The lowest BCUT2D eigenvalue weighted by Crippen LogP contribution is -2.45. The molecule has 1 aliphatic rings. The number of hydrogen-bond acceptors (Lipinski definition) is 3. The van der Waals surface area contributed by atoms with Crippen molar-refractivity contribution in [1.29, 1.82) is 0 Å². The van der Waals surface area contributed by atoms with Crippen LogP contribution >= 0.6 is 0 Å². The maximum absolute atomic E-state index is 13.0.